The highest BCUT2D eigenvalue weighted by Gasteiger charge is 2.31. The molecule has 1 aliphatic rings. The van der Waals surface area contributed by atoms with Crippen molar-refractivity contribution >= 4 is 33.6 Å². The number of nitrogens with zero attached hydrogens (tertiary/aromatic N) is 1. The first-order chi connectivity index (χ1) is 17.5. The molecule has 2 heterocycles. The molecule has 36 heavy (non-hydrogen) atoms. The average Bonchev–Trinajstić information content (AvgIpc) is 3.33. The zero-order chi connectivity index (χ0) is 25.3. The Bertz CT molecular complexity index is 1140. The van der Waals surface area contributed by atoms with Crippen LogP contribution in [0.5, 0.6) is 0 Å². The molecule has 1 amide bonds. The first-order valence-corrected chi connectivity index (χ1v) is 13.9. The number of Topliss-reactive ketones (excluding diaryl/α,β-unsaturated/α-hetero) is 1. The monoisotopic (exact) mass is 511 g/mol. The van der Waals surface area contributed by atoms with E-state index < -0.39 is 22.9 Å². The predicted octanol–water partition coefficient (Wildman–Crippen LogP) is 3.38. The predicted molar refractivity (Wildman–Crippen MR) is 139 cm³/mol. The molecular weight excluding hydrogens is 478 g/mol. The van der Waals surface area contributed by atoms with E-state index in [1.54, 1.807) is 12.1 Å². The zero-order valence-electron chi connectivity index (χ0n) is 20.5. The van der Waals surface area contributed by atoms with Gasteiger partial charge in [0.2, 0.25) is 11.7 Å². The van der Waals surface area contributed by atoms with Crippen molar-refractivity contribution in [1.82, 2.24) is 15.6 Å². The minimum Gasteiger partial charge on any atom is -0.434 e. The number of benzene rings is 2. The molecule has 2 unspecified atom stereocenters. The van der Waals surface area contributed by atoms with E-state index in [0.29, 0.717) is 42.9 Å². The highest BCUT2D eigenvalue weighted by atomic mass is 32.2. The van der Waals surface area contributed by atoms with Crippen molar-refractivity contribution in [3.05, 3.63) is 66.1 Å². The molecule has 1 saturated heterocycles. The van der Waals surface area contributed by atoms with Gasteiger partial charge in [-0.25, -0.2) is 4.98 Å². The molecule has 1 aliphatic heterocycles. The third-order valence-electron chi connectivity index (χ3n) is 6.21. The molecule has 2 N–H and O–H groups in total. The SMILES string of the molecule is CCC[C@H](NC(=O)C(CS(=O)Cc1ccccc1)NC1CCOCC1)C(=O)c1nc2ccccc2o1. The van der Waals surface area contributed by atoms with Crippen molar-refractivity contribution in [3.63, 3.8) is 0 Å². The molecule has 8 nitrogen and oxygen atoms in total. The summed E-state index contributed by atoms with van der Waals surface area (Å²) < 4.78 is 24.1. The maximum absolute atomic E-state index is 13.5. The molecular formula is C27H33N3O5S. The van der Waals surface area contributed by atoms with E-state index in [0.717, 1.165) is 18.4 Å². The van der Waals surface area contributed by atoms with Crippen LogP contribution in [-0.4, -0.2) is 58.0 Å². The van der Waals surface area contributed by atoms with E-state index in [-0.39, 0.29) is 29.4 Å². The number of hydrogen-bond donors (Lipinski definition) is 2. The number of oxazole rings is 1. The Morgan fingerprint density at radius 2 is 1.78 bits per heavy atom. The summed E-state index contributed by atoms with van der Waals surface area (Å²) in [5.41, 5.74) is 2.08. The van der Waals surface area contributed by atoms with Crippen LogP contribution in [0.1, 0.15) is 48.9 Å². The number of ether oxygens (including phenoxy) is 1. The molecule has 1 fully saturated rings. The minimum atomic E-state index is -1.27. The topological polar surface area (TPSA) is 111 Å². The molecule has 3 aromatic rings. The average molecular weight is 512 g/mol. The molecule has 2 aromatic carbocycles. The van der Waals surface area contributed by atoms with Crippen LogP contribution in [0.3, 0.4) is 0 Å². The van der Waals surface area contributed by atoms with Gasteiger partial charge in [-0.3, -0.25) is 13.8 Å². The van der Waals surface area contributed by atoms with Gasteiger partial charge < -0.3 is 19.8 Å². The number of fused-ring (bicyclic) bond motifs is 1. The van der Waals surface area contributed by atoms with Crippen molar-refractivity contribution in [1.29, 1.82) is 0 Å². The first kappa shape index (κ1) is 26.2. The summed E-state index contributed by atoms with van der Waals surface area (Å²) in [5.74, 6) is -0.215. The Labute approximate surface area is 213 Å². The Morgan fingerprint density at radius 1 is 1.06 bits per heavy atom. The van der Waals surface area contributed by atoms with Crippen LogP contribution < -0.4 is 10.6 Å². The van der Waals surface area contributed by atoms with Crippen molar-refractivity contribution in [2.75, 3.05) is 19.0 Å². The number of ketones is 1. The van der Waals surface area contributed by atoms with Crippen LogP contribution in [0.2, 0.25) is 0 Å². The fraction of sp³-hybridized carbons (Fsp3) is 0.444. The van der Waals surface area contributed by atoms with Crippen molar-refractivity contribution in [2.45, 2.75) is 56.5 Å². The molecule has 0 spiro atoms. The Balaban J connectivity index is 1.47. The van der Waals surface area contributed by atoms with E-state index in [1.165, 1.54) is 0 Å². The van der Waals surface area contributed by atoms with Crippen LogP contribution in [0.4, 0.5) is 0 Å². The first-order valence-electron chi connectivity index (χ1n) is 12.5. The zero-order valence-corrected chi connectivity index (χ0v) is 21.3. The van der Waals surface area contributed by atoms with Gasteiger partial charge in [-0.1, -0.05) is 55.8 Å². The van der Waals surface area contributed by atoms with Gasteiger partial charge in [-0.05, 0) is 37.0 Å². The van der Waals surface area contributed by atoms with Crippen LogP contribution in [0.15, 0.2) is 59.0 Å². The van der Waals surface area contributed by atoms with Crippen molar-refractivity contribution in [3.8, 4) is 0 Å². The van der Waals surface area contributed by atoms with Gasteiger partial charge in [0.15, 0.2) is 5.58 Å². The van der Waals surface area contributed by atoms with Crippen LogP contribution >= 0.6 is 0 Å². The standard InChI is InChI=1S/C27H33N3O5S/c1-2-8-22(25(31)27-30-21-11-6-7-12-24(21)35-27)29-26(32)23(28-20-13-15-34-16-14-20)18-36(33)17-19-9-4-3-5-10-19/h3-7,9-12,20,22-23,28H,2,8,13-18H2,1H3,(H,29,32)/t22-,23?,36?/m0/s1. The molecule has 0 bridgehead atoms. The second-order valence-corrected chi connectivity index (χ2v) is 10.5. The maximum Gasteiger partial charge on any atom is 0.266 e. The number of aromatic nitrogens is 1. The molecule has 4 rings (SSSR count). The Kier molecular flexibility index (Phi) is 9.38. The number of carbonyl (C=O) groups is 2. The lowest BCUT2D eigenvalue weighted by atomic mass is 10.1. The van der Waals surface area contributed by atoms with E-state index >= 15 is 0 Å². The van der Waals surface area contributed by atoms with Gasteiger partial charge >= 0.3 is 0 Å². The molecule has 1 aromatic heterocycles. The molecule has 192 valence electrons. The van der Waals surface area contributed by atoms with Gasteiger partial charge in [-0.15, -0.1) is 0 Å². The largest absolute Gasteiger partial charge is 0.434 e. The van der Waals surface area contributed by atoms with Gasteiger partial charge in [0.1, 0.15) is 5.52 Å². The third kappa shape index (κ3) is 7.09. The molecule has 0 radical (unpaired) electrons. The number of carbonyl (C=O) groups excluding carboxylic acids is 2. The van der Waals surface area contributed by atoms with Crippen LogP contribution in [0.25, 0.3) is 11.1 Å². The van der Waals surface area contributed by atoms with E-state index in [9.17, 15) is 13.8 Å². The van der Waals surface area contributed by atoms with Gasteiger partial charge in [0.05, 0.1) is 12.1 Å². The number of rotatable bonds is 12. The Morgan fingerprint density at radius 3 is 2.50 bits per heavy atom. The van der Waals surface area contributed by atoms with Crippen LogP contribution in [0, 0.1) is 0 Å². The smallest absolute Gasteiger partial charge is 0.266 e. The summed E-state index contributed by atoms with van der Waals surface area (Å²) in [4.78, 5) is 31.0. The molecule has 9 heteroatoms. The number of nitrogens with one attached hydrogen (secondary N) is 2. The van der Waals surface area contributed by atoms with E-state index in [1.807, 2.05) is 49.4 Å². The van der Waals surface area contributed by atoms with Gasteiger partial charge in [0, 0.05) is 41.6 Å². The van der Waals surface area contributed by atoms with Crippen molar-refractivity contribution in [2.24, 2.45) is 0 Å². The third-order valence-corrected chi connectivity index (χ3v) is 7.57. The molecule has 0 aliphatic carbocycles. The van der Waals surface area contributed by atoms with Crippen LogP contribution in [-0.2, 0) is 26.1 Å². The minimum absolute atomic E-state index is 0.0171. The summed E-state index contributed by atoms with van der Waals surface area (Å²) in [6, 6.07) is 15.4. The highest BCUT2D eigenvalue weighted by molar-refractivity contribution is 7.84. The lowest BCUT2D eigenvalue weighted by Crippen LogP contribution is -2.55. The summed E-state index contributed by atoms with van der Waals surface area (Å²) in [6.45, 7) is 3.19. The van der Waals surface area contributed by atoms with Crippen molar-refractivity contribution < 1.29 is 23.0 Å². The second kappa shape index (κ2) is 12.9. The number of para-hydroxylation sites is 2. The fourth-order valence-electron chi connectivity index (χ4n) is 4.31. The normalized spacial score (nSPS) is 16.9. The fourth-order valence-corrected chi connectivity index (χ4v) is 5.61. The lowest BCUT2D eigenvalue weighted by molar-refractivity contribution is -0.123. The summed E-state index contributed by atoms with van der Waals surface area (Å²) >= 11 is 0. The van der Waals surface area contributed by atoms with Gasteiger partial charge in [-0.2, -0.15) is 0 Å². The lowest BCUT2D eigenvalue weighted by Gasteiger charge is -2.29. The highest BCUT2D eigenvalue weighted by Crippen LogP contribution is 2.17. The van der Waals surface area contributed by atoms with Gasteiger partial charge in [0.25, 0.3) is 5.89 Å². The Hall–Kier alpha value is -2.88. The second-order valence-electron chi connectivity index (χ2n) is 9.04. The maximum atomic E-state index is 13.5. The number of hydrogen-bond acceptors (Lipinski definition) is 7. The van der Waals surface area contributed by atoms with E-state index in [2.05, 4.69) is 15.6 Å². The molecule has 0 saturated carbocycles. The summed E-state index contributed by atoms with van der Waals surface area (Å²) in [5, 5.41) is 6.29. The van der Waals surface area contributed by atoms with E-state index in [4.69, 9.17) is 9.15 Å². The summed E-state index contributed by atoms with van der Waals surface area (Å²) in [6.07, 6.45) is 2.68. The summed E-state index contributed by atoms with van der Waals surface area (Å²) in [7, 11) is -1.27. The molecule has 3 atom stereocenters. The quantitative estimate of drug-likeness (QED) is 0.359. The number of amides is 1.